The number of hydrogen-bond acceptors (Lipinski definition) is 4. The highest BCUT2D eigenvalue weighted by atomic mass is 35.5. The van der Waals surface area contributed by atoms with E-state index in [1.807, 2.05) is 0 Å². The number of amides is 2. The van der Waals surface area contributed by atoms with Gasteiger partial charge in [-0.25, -0.2) is 5.43 Å². The van der Waals surface area contributed by atoms with Gasteiger partial charge in [0.15, 0.2) is 0 Å². The fourth-order valence-electron chi connectivity index (χ4n) is 1.68. The number of carbonyl (C=O) groups is 2. The lowest BCUT2D eigenvalue weighted by Gasteiger charge is -2.06. The Morgan fingerprint density at radius 2 is 1.78 bits per heavy atom. The van der Waals surface area contributed by atoms with Crippen LogP contribution in [0.25, 0.3) is 0 Å². The molecule has 6 nitrogen and oxygen atoms in total. The molecular formula is C16H14ClN3O3. The number of phenols is 1. The lowest BCUT2D eigenvalue weighted by atomic mass is 10.2. The van der Waals surface area contributed by atoms with Crippen molar-refractivity contribution >= 4 is 35.3 Å². The van der Waals surface area contributed by atoms with E-state index in [9.17, 15) is 9.59 Å². The summed E-state index contributed by atoms with van der Waals surface area (Å²) in [6.45, 7) is 0. The molecule has 0 bridgehead atoms. The molecule has 0 saturated carbocycles. The maximum absolute atomic E-state index is 11.7. The number of para-hydroxylation sites is 1. The molecule has 2 rings (SSSR count). The van der Waals surface area contributed by atoms with Crippen LogP contribution in [0.2, 0.25) is 5.02 Å². The summed E-state index contributed by atoms with van der Waals surface area (Å²) < 4.78 is 0. The Labute approximate surface area is 137 Å². The van der Waals surface area contributed by atoms with Gasteiger partial charge >= 0.3 is 0 Å². The SMILES string of the molecule is O=C(CC(=O)Nc1ccccc1Cl)NN=Cc1ccc(O)cc1. The van der Waals surface area contributed by atoms with Crippen LogP contribution in [0, 0.1) is 0 Å². The van der Waals surface area contributed by atoms with Crippen LogP contribution in [0.3, 0.4) is 0 Å². The molecule has 118 valence electrons. The number of hydrazone groups is 1. The predicted molar refractivity (Wildman–Crippen MR) is 88.5 cm³/mol. The average molecular weight is 332 g/mol. The van der Waals surface area contributed by atoms with Crippen LogP contribution < -0.4 is 10.7 Å². The maximum atomic E-state index is 11.7. The van der Waals surface area contributed by atoms with E-state index in [0.29, 0.717) is 16.3 Å². The van der Waals surface area contributed by atoms with E-state index in [1.54, 1.807) is 36.4 Å². The van der Waals surface area contributed by atoms with Gasteiger partial charge in [0.2, 0.25) is 11.8 Å². The van der Waals surface area contributed by atoms with Crippen molar-refractivity contribution in [1.82, 2.24) is 5.43 Å². The van der Waals surface area contributed by atoms with E-state index in [2.05, 4.69) is 15.8 Å². The van der Waals surface area contributed by atoms with Crippen LogP contribution >= 0.6 is 11.6 Å². The normalized spacial score (nSPS) is 10.5. The first-order chi connectivity index (χ1) is 11.0. The summed E-state index contributed by atoms with van der Waals surface area (Å²) in [6.07, 6.45) is 1.03. The minimum atomic E-state index is -0.551. The molecule has 2 amide bonds. The molecule has 23 heavy (non-hydrogen) atoms. The van der Waals surface area contributed by atoms with Crippen LogP contribution in [0.15, 0.2) is 53.6 Å². The number of halogens is 1. The number of carbonyl (C=O) groups excluding carboxylic acids is 2. The molecule has 0 aliphatic rings. The van der Waals surface area contributed by atoms with Gasteiger partial charge in [0, 0.05) is 0 Å². The molecule has 7 heteroatoms. The number of aromatic hydroxyl groups is 1. The smallest absolute Gasteiger partial charge is 0.249 e. The Morgan fingerprint density at radius 3 is 2.48 bits per heavy atom. The van der Waals surface area contributed by atoms with E-state index < -0.39 is 11.8 Å². The third-order valence-electron chi connectivity index (χ3n) is 2.77. The van der Waals surface area contributed by atoms with Crippen molar-refractivity contribution in [1.29, 1.82) is 0 Å². The summed E-state index contributed by atoms with van der Waals surface area (Å²) in [4.78, 5) is 23.3. The number of anilines is 1. The number of benzene rings is 2. The summed E-state index contributed by atoms with van der Waals surface area (Å²) in [5.41, 5.74) is 3.39. The Balaban J connectivity index is 1.81. The van der Waals surface area contributed by atoms with Crippen molar-refractivity contribution in [2.45, 2.75) is 6.42 Å². The van der Waals surface area contributed by atoms with Gasteiger partial charge in [0.05, 0.1) is 16.9 Å². The van der Waals surface area contributed by atoms with Gasteiger partial charge in [-0.15, -0.1) is 0 Å². The maximum Gasteiger partial charge on any atom is 0.249 e. The molecule has 0 spiro atoms. The standard InChI is InChI=1S/C16H14ClN3O3/c17-13-3-1-2-4-14(13)19-15(22)9-16(23)20-18-10-11-5-7-12(21)8-6-11/h1-8,10,21H,9H2,(H,19,22)(H,20,23). The van der Waals surface area contributed by atoms with E-state index in [0.717, 1.165) is 0 Å². The van der Waals surface area contributed by atoms with Gasteiger partial charge in [-0.1, -0.05) is 23.7 Å². The second-order valence-corrected chi connectivity index (χ2v) is 5.00. The third-order valence-corrected chi connectivity index (χ3v) is 3.09. The second kappa shape index (κ2) is 7.95. The monoisotopic (exact) mass is 331 g/mol. The predicted octanol–water partition coefficient (Wildman–Crippen LogP) is 2.52. The summed E-state index contributed by atoms with van der Waals surface area (Å²) in [7, 11) is 0. The molecule has 0 aliphatic heterocycles. The Bertz CT molecular complexity index is 730. The molecule has 3 N–H and O–H groups in total. The van der Waals surface area contributed by atoms with Crippen molar-refractivity contribution in [3.8, 4) is 5.75 Å². The number of nitrogens with one attached hydrogen (secondary N) is 2. The molecule has 0 aliphatic carbocycles. The molecule has 0 radical (unpaired) electrons. The fraction of sp³-hybridized carbons (Fsp3) is 0.0625. The zero-order valence-corrected chi connectivity index (χ0v) is 12.7. The lowest BCUT2D eigenvalue weighted by molar-refractivity contribution is -0.126. The highest BCUT2D eigenvalue weighted by Gasteiger charge is 2.10. The van der Waals surface area contributed by atoms with Crippen LogP contribution in [0.1, 0.15) is 12.0 Å². The van der Waals surface area contributed by atoms with Gasteiger partial charge in [-0.3, -0.25) is 9.59 Å². The Kier molecular flexibility index (Phi) is 5.71. The van der Waals surface area contributed by atoms with Gasteiger partial charge in [-0.05, 0) is 42.0 Å². The molecule has 2 aromatic carbocycles. The highest BCUT2D eigenvalue weighted by Crippen LogP contribution is 2.20. The van der Waals surface area contributed by atoms with Crippen LogP contribution in [-0.2, 0) is 9.59 Å². The third kappa shape index (κ3) is 5.44. The fourth-order valence-corrected chi connectivity index (χ4v) is 1.86. The van der Waals surface area contributed by atoms with Crippen molar-refractivity contribution in [3.63, 3.8) is 0 Å². The summed E-state index contributed by atoms with van der Waals surface area (Å²) in [5.74, 6) is -0.901. The quantitative estimate of drug-likeness (QED) is 0.446. The topological polar surface area (TPSA) is 90.8 Å². The summed E-state index contributed by atoms with van der Waals surface area (Å²) >= 11 is 5.91. The first kappa shape index (κ1) is 16.5. The van der Waals surface area contributed by atoms with Crippen molar-refractivity contribution in [3.05, 3.63) is 59.1 Å². The largest absolute Gasteiger partial charge is 0.508 e. The Hall–Kier alpha value is -2.86. The minimum absolute atomic E-state index is 0.141. The number of nitrogens with zero attached hydrogens (tertiary/aromatic N) is 1. The first-order valence-corrected chi connectivity index (χ1v) is 7.08. The Morgan fingerprint density at radius 1 is 1.09 bits per heavy atom. The summed E-state index contributed by atoms with van der Waals surface area (Å²) in [6, 6.07) is 13.0. The minimum Gasteiger partial charge on any atom is -0.508 e. The molecule has 0 heterocycles. The van der Waals surface area contributed by atoms with Crippen molar-refractivity contribution in [2.75, 3.05) is 5.32 Å². The van der Waals surface area contributed by atoms with Crippen molar-refractivity contribution in [2.24, 2.45) is 5.10 Å². The lowest BCUT2D eigenvalue weighted by Crippen LogP contribution is -2.24. The van der Waals surface area contributed by atoms with E-state index in [-0.39, 0.29) is 12.2 Å². The number of phenolic OH excluding ortho intramolecular Hbond substituents is 1. The molecule has 0 saturated heterocycles. The van der Waals surface area contributed by atoms with E-state index >= 15 is 0 Å². The molecule has 0 unspecified atom stereocenters. The van der Waals surface area contributed by atoms with Gasteiger partial charge < -0.3 is 10.4 Å². The molecule has 0 fully saturated rings. The highest BCUT2D eigenvalue weighted by molar-refractivity contribution is 6.33. The van der Waals surface area contributed by atoms with Gasteiger partial charge in [-0.2, -0.15) is 5.10 Å². The van der Waals surface area contributed by atoms with Gasteiger partial charge in [0.1, 0.15) is 12.2 Å². The molecule has 2 aromatic rings. The second-order valence-electron chi connectivity index (χ2n) is 4.59. The molecular weight excluding hydrogens is 318 g/mol. The van der Waals surface area contributed by atoms with Crippen LogP contribution in [0.5, 0.6) is 5.75 Å². The van der Waals surface area contributed by atoms with E-state index in [4.69, 9.17) is 16.7 Å². The van der Waals surface area contributed by atoms with Crippen LogP contribution in [0.4, 0.5) is 5.69 Å². The van der Waals surface area contributed by atoms with Crippen molar-refractivity contribution < 1.29 is 14.7 Å². The zero-order valence-electron chi connectivity index (χ0n) is 12.0. The number of rotatable bonds is 5. The van der Waals surface area contributed by atoms with E-state index in [1.165, 1.54) is 18.3 Å². The van der Waals surface area contributed by atoms with Crippen LogP contribution in [-0.4, -0.2) is 23.1 Å². The van der Waals surface area contributed by atoms with Gasteiger partial charge in [0.25, 0.3) is 0 Å². The molecule has 0 aromatic heterocycles. The molecule has 0 atom stereocenters. The zero-order chi connectivity index (χ0) is 16.7. The number of hydrogen-bond donors (Lipinski definition) is 3. The summed E-state index contributed by atoms with van der Waals surface area (Å²) in [5, 5.41) is 15.8. The first-order valence-electron chi connectivity index (χ1n) is 6.70. The average Bonchev–Trinajstić information content (AvgIpc) is 2.51.